The van der Waals surface area contributed by atoms with Crippen LogP contribution < -0.4 is 11.3 Å². The Kier molecular flexibility index (Phi) is 4.72. The summed E-state index contributed by atoms with van der Waals surface area (Å²) in [4.78, 5) is 0. The number of rotatable bonds is 4. The predicted octanol–water partition coefficient (Wildman–Crippen LogP) is 3.27. The fourth-order valence-electron chi connectivity index (χ4n) is 4.34. The molecule has 0 amide bonds. The lowest BCUT2D eigenvalue weighted by Gasteiger charge is -2.37. The maximum absolute atomic E-state index is 5.89. The van der Waals surface area contributed by atoms with Crippen LogP contribution in [0.1, 0.15) is 46.0 Å². The van der Waals surface area contributed by atoms with Crippen LogP contribution in [0.4, 0.5) is 0 Å². The summed E-state index contributed by atoms with van der Waals surface area (Å²) in [6.45, 7) is 4.74. The van der Waals surface area contributed by atoms with Crippen LogP contribution in [0.25, 0.3) is 0 Å². The SMILES string of the molecule is CC1SCC(C(CC2CC3CCC2C3)NN)SC1C. The Balaban J connectivity index is 1.55. The second kappa shape index (κ2) is 6.17. The number of nitrogens with one attached hydrogen (secondary N) is 1. The van der Waals surface area contributed by atoms with Crippen LogP contribution in [0.5, 0.6) is 0 Å². The van der Waals surface area contributed by atoms with Crippen LogP contribution in [0.2, 0.25) is 0 Å². The van der Waals surface area contributed by atoms with Gasteiger partial charge in [0.15, 0.2) is 0 Å². The second-order valence-corrected chi connectivity index (χ2v) is 9.89. The molecule has 2 saturated carbocycles. The van der Waals surface area contributed by atoms with Gasteiger partial charge in [-0.2, -0.15) is 23.5 Å². The summed E-state index contributed by atoms with van der Waals surface area (Å²) in [5.74, 6) is 10.2. The minimum atomic E-state index is 0.525. The summed E-state index contributed by atoms with van der Waals surface area (Å²) in [6.07, 6.45) is 7.31. The maximum Gasteiger partial charge on any atom is 0.0340 e. The first-order chi connectivity index (χ1) is 9.17. The molecule has 1 aliphatic heterocycles. The molecule has 0 aromatic carbocycles. The molecule has 3 fully saturated rings. The monoisotopic (exact) mass is 300 g/mol. The van der Waals surface area contributed by atoms with Gasteiger partial charge in [-0.3, -0.25) is 11.3 Å². The third-order valence-corrected chi connectivity index (χ3v) is 9.23. The lowest BCUT2D eigenvalue weighted by atomic mass is 9.84. The first kappa shape index (κ1) is 14.6. The average molecular weight is 301 g/mol. The van der Waals surface area contributed by atoms with Gasteiger partial charge in [-0.15, -0.1) is 0 Å². The lowest BCUT2D eigenvalue weighted by Crippen LogP contribution is -2.47. The number of fused-ring (bicyclic) bond motifs is 2. The number of nitrogens with two attached hydrogens (primary N) is 1. The number of thioether (sulfide) groups is 2. The molecule has 3 N–H and O–H groups in total. The van der Waals surface area contributed by atoms with Gasteiger partial charge >= 0.3 is 0 Å². The molecular formula is C15H28N2S2. The van der Waals surface area contributed by atoms with Crippen molar-refractivity contribution < 1.29 is 0 Å². The zero-order valence-electron chi connectivity index (χ0n) is 12.2. The maximum atomic E-state index is 5.89. The molecule has 2 aliphatic carbocycles. The molecule has 7 unspecified atom stereocenters. The Bertz CT molecular complexity index is 313. The van der Waals surface area contributed by atoms with Gasteiger partial charge in [-0.05, 0) is 43.4 Å². The van der Waals surface area contributed by atoms with E-state index >= 15 is 0 Å². The van der Waals surface area contributed by atoms with Crippen LogP contribution in [0, 0.1) is 17.8 Å². The zero-order valence-corrected chi connectivity index (χ0v) is 13.8. The minimum absolute atomic E-state index is 0.525. The fraction of sp³-hybridized carbons (Fsp3) is 1.00. The predicted molar refractivity (Wildman–Crippen MR) is 87.4 cm³/mol. The van der Waals surface area contributed by atoms with E-state index in [1.54, 1.807) is 0 Å². The fourth-order valence-corrected chi connectivity index (χ4v) is 7.46. The van der Waals surface area contributed by atoms with E-state index in [1.807, 2.05) is 0 Å². The minimum Gasteiger partial charge on any atom is -0.271 e. The third kappa shape index (κ3) is 3.12. The van der Waals surface area contributed by atoms with Crippen molar-refractivity contribution in [3.63, 3.8) is 0 Å². The first-order valence-corrected chi connectivity index (χ1v) is 9.89. The van der Waals surface area contributed by atoms with E-state index in [-0.39, 0.29) is 0 Å². The van der Waals surface area contributed by atoms with E-state index < -0.39 is 0 Å². The molecule has 110 valence electrons. The van der Waals surface area contributed by atoms with E-state index in [9.17, 15) is 0 Å². The molecule has 3 rings (SSSR count). The number of hydrogen-bond donors (Lipinski definition) is 2. The van der Waals surface area contributed by atoms with Gasteiger partial charge in [0.05, 0.1) is 0 Å². The van der Waals surface area contributed by atoms with Crippen LogP contribution in [0.15, 0.2) is 0 Å². The smallest absolute Gasteiger partial charge is 0.0340 e. The van der Waals surface area contributed by atoms with Gasteiger partial charge in [-0.25, -0.2) is 0 Å². The Morgan fingerprint density at radius 2 is 2.05 bits per heavy atom. The highest BCUT2D eigenvalue weighted by molar-refractivity contribution is 8.07. The summed E-state index contributed by atoms with van der Waals surface area (Å²) in [5.41, 5.74) is 3.16. The Labute approximate surface area is 126 Å². The number of hydrogen-bond acceptors (Lipinski definition) is 4. The molecule has 4 heteroatoms. The van der Waals surface area contributed by atoms with E-state index in [2.05, 4.69) is 42.8 Å². The van der Waals surface area contributed by atoms with Gasteiger partial charge in [0.25, 0.3) is 0 Å². The molecule has 2 bridgehead atoms. The second-order valence-electron chi connectivity index (χ2n) is 6.86. The van der Waals surface area contributed by atoms with Crippen molar-refractivity contribution in [2.75, 3.05) is 5.75 Å². The van der Waals surface area contributed by atoms with Gasteiger partial charge in [0, 0.05) is 27.5 Å². The van der Waals surface area contributed by atoms with E-state index in [4.69, 9.17) is 5.84 Å². The van der Waals surface area contributed by atoms with Crippen molar-refractivity contribution in [2.45, 2.75) is 67.7 Å². The normalized spacial score (nSPS) is 47.5. The summed E-state index contributed by atoms with van der Waals surface area (Å²) in [5, 5.41) is 2.27. The molecule has 0 radical (unpaired) electrons. The number of hydrazine groups is 1. The van der Waals surface area contributed by atoms with Crippen molar-refractivity contribution >= 4 is 23.5 Å². The third-order valence-electron chi connectivity index (χ3n) is 5.68. The van der Waals surface area contributed by atoms with E-state index in [0.717, 1.165) is 28.3 Å². The molecule has 1 heterocycles. The summed E-state index contributed by atoms with van der Waals surface area (Å²) in [6, 6.07) is 0.525. The summed E-state index contributed by atoms with van der Waals surface area (Å²) in [7, 11) is 0. The molecule has 0 aromatic heterocycles. The van der Waals surface area contributed by atoms with Crippen molar-refractivity contribution in [1.29, 1.82) is 0 Å². The molecule has 0 spiro atoms. The highest BCUT2D eigenvalue weighted by Gasteiger charge is 2.41. The molecule has 7 atom stereocenters. The van der Waals surface area contributed by atoms with Crippen LogP contribution in [-0.2, 0) is 0 Å². The van der Waals surface area contributed by atoms with Crippen LogP contribution in [0.3, 0.4) is 0 Å². The van der Waals surface area contributed by atoms with Crippen LogP contribution >= 0.6 is 23.5 Å². The van der Waals surface area contributed by atoms with Gasteiger partial charge < -0.3 is 0 Å². The Morgan fingerprint density at radius 3 is 2.63 bits per heavy atom. The van der Waals surface area contributed by atoms with E-state index in [1.165, 1.54) is 37.9 Å². The molecule has 2 nitrogen and oxygen atoms in total. The molecular weight excluding hydrogens is 272 g/mol. The van der Waals surface area contributed by atoms with Crippen molar-refractivity contribution in [1.82, 2.24) is 5.43 Å². The topological polar surface area (TPSA) is 38.0 Å². The Hall–Kier alpha value is 0.620. The standard InChI is InChI=1S/C15H28N2S2/c1-9-10(2)19-15(8-18-9)14(17-16)7-13-6-11-3-4-12(13)5-11/h9-15,17H,3-8,16H2,1-2H3. The van der Waals surface area contributed by atoms with Crippen LogP contribution in [-0.4, -0.2) is 27.5 Å². The molecule has 3 aliphatic rings. The van der Waals surface area contributed by atoms with E-state index in [0.29, 0.717) is 11.3 Å². The molecule has 1 saturated heterocycles. The summed E-state index contributed by atoms with van der Waals surface area (Å²) < 4.78 is 0. The average Bonchev–Trinajstić information content (AvgIpc) is 3.01. The first-order valence-electron chi connectivity index (χ1n) is 7.90. The highest BCUT2D eigenvalue weighted by Crippen LogP contribution is 2.50. The van der Waals surface area contributed by atoms with Crippen molar-refractivity contribution in [3.8, 4) is 0 Å². The zero-order chi connectivity index (χ0) is 13.4. The highest BCUT2D eigenvalue weighted by atomic mass is 32.2. The van der Waals surface area contributed by atoms with Crippen molar-refractivity contribution in [3.05, 3.63) is 0 Å². The molecule has 19 heavy (non-hydrogen) atoms. The van der Waals surface area contributed by atoms with Gasteiger partial charge in [-0.1, -0.05) is 20.3 Å². The Morgan fingerprint density at radius 1 is 1.21 bits per heavy atom. The van der Waals surface area contributed by atoms with Gasteiger partial charge in [0.1, 0.15) is 0 Å². The quantitative estimate of drug-likeness (QED) is 0.617. The largest absolute Gasteiger partial charge is 0.271 e. The lowest BCUT2D eigenvalue weighted by molar-refractivity contribution is 0.278. The summed E-state index contributed by atoms with van der Waals surface area (Å²) >= 11 is 4.30. The van der Waals surface area contributed by atoms with Gasteiger partial charge in [0.2, 0.25) is 0 Å². The molecule has 0 aromatic rings. The van der Waals surface area contributed by atoms with Crippen molar-refractivity contribution in [2.24, 2.45) is 23.6 Å².